The fourth-order valence-corrected chi connectivity index (χ4v) is 2.68. The molecular formula is C16H21N5O2. The molecule has 23 heavy (non-hydrogen) atoms. The van der Waals surface area contributed by atoms with E-state index < -0.39 is 5.60 Å². The fourth-order valence-electron chi connectivity index (χ4n) is 2.68. The number of rotatable bonds is 4. The van der Waals surface area contributed by atoms with Crippen LogP contribution in [0.1, 0.15) is 48.2 Å². The maximum atomic E-state index is 12.0. The first-order chi connectivity index (χ1) is 11.1. The summed E-state index contributed by atoms with van der Waals surface area (Å²) in [6.45, 7) is 3.15. The highest BCUT2D eigenvalue weighted by Crippen LogP contribution is 2.32. The number of hydrogen-bond acceptors (Lipinski definition) is 5. The quantitative estimate of drug-likeness (QED) is 0.926. The molecule has 0 spiro atoms. The molecule has 0 bridgehead atoms. The average molecular weight is 315 g/mol. The van der Waals surface area contributed by atoms with E-state index in [0.717, 1.165) is 31.4 Å². The van der Waals surface area contributed by atoms with Crippen molar-refractivity contribution in [1.82, 2.24) is 24.8 Å². The molecular weight excluding hydrogens is 294 g/mol. The standard InChI is InChI=1S/C16H21N5O2/c1-16(5-3-4-8-23-16)15-19-10-12(11-20-15)9-18-14(22)13-17-6-7-21(13)2/h6-7,10-11H,3-5,8-9H2,1-2H3,(H,18,22)/t16-/m1/s1. The van der Waals surface area contributed by atoms with E-state index in [2.05, 4.69) is 20.3 Å². The summed E-state index contributed by atoms with van der Waals surface area (Å²) < 4.78 is 7.52. The zero-order valence-corrected chi connectivity index (χ0v) is 13.5. The monoisotopic (exact) mass is 315 g/mol. The molecule has 0 radical (unpaired) electrons. The minimum atomic E-state index is -0.396. The van der Waals surface area contributed by atoms with Gasteiger partial charge in [-0.05, 0) is 26.2 Å². The van der Waals surface area contributed by atoms with Crippen LogP contribution in [0.2, 0.25) is 0 Å². The molecule has 1 aliphatic rings. The molecule has 0 saturated carbocycles. The Balaban J connectivity index is 1.61. The van der Waals surface area contributed by atoms with E-state index in [1.807, 2.05) is 6.92 Å². The van der Waals surface area contributed by atoms with E-state index in [0.29, 0.717) is 18.2 Å². The Kier molecular flexibility index (Phi) is 4.38. The SMILES string of the molecule is Cn1ccnc1C(=O)NCc1cnc([C@@]2(C)CCCCO2)nc1. The summed E-state index contributed by atoms with van der Waals surface area (Å²) in [6.07, 6.45) is 9.96. The Morgan fingerprint density at radius 2 is 2.13 bits per heavy atom. The van der Waals surface area contributed by atoms with Gasteiger partial charge in [-0.3, -0.25) is 4.79 Å². The highest BCUT2D eigenvalue weighted by molar-refractivity contribution is 5.90. The summed E-state index contributed by atoms with van der Waals surface area (Å²) in [5.41, 5.74) is 0.447. The minimum absolute atomic E-state index is 0.218. The van der Waals surface area contributed by atoms with Gasteiger partial charge in [0.1, 0.15) is 5.60 Å². The number of nitrogens with zero attached hydrogens (tertiary/aromatic N) is 4. The molecule has 1 saturated heterocycles. The Morgan fingerprint density at radius 1 is 1.35 bits per heavy atom. The number of aryl methyl sites for hydroxylation is 1. The topological polar surface area (TPSA) is 81.9 Å². The first kappa shape index (κ1) is 15.6. The lowest BCUT2D eigenvalue weighted by Crippen LogP contribution is -2.32. The number of carbonyl (C=O) groups excluding carboxylic acids is 1. The van der Waals surface area contributed by atoms with Crippen molar-refractivity contribution < 1.29 is 9.53 Å². The van der Waals surface area contributed by atoms with Crippen LogP contribution in [0.4, 0.5) is 0 Å². The van der Waals surface area contributed by atoms with Crippen LogP contribution in [-0.4, -0.2) is 32.0 Å². The molecule has 1 atom stereocenters. The molecule has 3 rings (SSSR count). The van der Waals surface area contributed by atoms with Crippen molar-refractivity contribution in [3.8, 4) is 0 Å². The normalized spacial score (nSPS) is 21.1. The number of aromatic nitrogens is 4. The van der Waals surface area contributed by atoms with Gasteiger partial charge in [-0.1, -0.05) is 0 Å². The van der Waals surface area contributed by atoms with Crippen LogP contribution in [0.5, 0.6) is 0 Å². The molecule has 1 N–H and O–H groups in total. The van der Waals surface area contributed by atoms with E-state index in [1.54, 1.807) is 36.4 Å². The van der Waals surface area contributed by atoms with Crippen molar-refractivity contribution in [2.45, 2.75) is 38.3 Å². The highest BCUT2D eigenvalue weighted by atomic mass is 16.5. The molecule has 0 aliphatic carbocycles. The second-order valence-electron chi connectivity index (χ2n) is 6.00. The van der Waals surface area contributed by atoms with Crippen LogP contribution < -0.4 is 5.32 Å². The summed E-state index contributed by atoms with van der Waals surface area (Å²) in [7, 11) is 1.78. The molecule has 1 fully saturated rings. The predicted molar refractivity (Wildman–Crippen MR) is 83.6 cm³/mol. The third-order valence-electron chi connectivity index (χ3n) is 4.12. The lowest BCUT2D eigenvalue weighted by molar-refractivity contribution is -0.0760. The first-order valence-corrected chi connectivity index (χ1v) is 7.79. The minimum Gasteiger partial charge on any atom is -0.367 e. The molecule has 0 aromatic carbocycles. The third-order valence-corrected chi connectivity index (χ3v) is 4.12. The smallest absolute Gasteiger partial charge is 0.287 e. The Labute approximate surface area is 135 Å². The number of nitrogens with one attached hydrogen (secondary N) is 1. The summed E-state index contributed by atoms with van der Waals surface area (Å²) in [6, 6.07) is 0. The second kappa shape index (κ2) is 6.45. The Bertz CT molecular complexity index is 674. The van der Waals surface area contributed by atoms with E-state index in [9.17, 15) is 4.79 Å². The van der Waals surface area contributed by atoms with Crippen molar-refractivity contribution in [1.29, 1.82) is 0 Å². The summed E-state index contributed by atoms with van der Waals surface area (Å²) in [5.74, 6) is 0.867. The number of imidazole rings is 1. The van der Waals surface area contributed by atoms with Crippen molar-refractivity contribution >= 4 is 5.91 Å². The first-order valence-electron chi connectivity index (χ1n) is 7.79. The molecule has 122 valence electrons. The zero-order chi connectivity index (χ0) is 16.3. The number of hydrogen-bond donors (Lipinski definition) is 1. The van der Waals surface area contributed by atoms with Gasteiger partial charge in [-0.25, -0.2) is 15.0 Å². The van der Waals surface area contributed by atoms with Crippen molar-refractivity contribution in [3.05, 3.63) is 42.0 Å². The molecule has 7 heteroatoms. The van der Waals surface area contributed by atoms with Gasteiger partial charge in [0.2, 0.25) is 0 Å². The summed E-state index contributed by atoms with van der Waals surface area (Å²) in [4.78, 5) is 24.9. The fraction of sp³-hybridized carbons (Fsp3) is 0.500. The molecule has 1 aliphatic heterocycles. The Morgan fingerprint density at radius 3 is 2.74 bits per heavy atom. The molecule has 2 aromatic heterocycles. The zero-order valence-electron chi connectivity index (χ0n) is 13.5. The lowest BCUT2D eigenvalue weighted by Gasteiger charge is -2.32. The van der Waals surface area contributed by atoms with Crippen LogP contribution in [0.15, 0.2) is 24.8 Å². The predicted octanol–water partition coefficient (Wildman–Crippen LogP) is 1.56. The summed E-state index contributed by atoms with van der Waals surface area (Å²) in [5, 5.41) is 2.82. The van der Waals surface area contributed by atoms with E-state index >= 15 is 0 Å². The van der Waals surface area contributed by atoms with Crippen molar-refractivity contribution in [3.63, 3.8) is 0 Å². The molecule has 7 nitrogen and oxygen atoms in total. The molecule has 3 heterocycles. The van der Waals surface area contributed by atoms with Crippen LogP contribution in [0.3, 0.4) is 0 Å². The molecule has 2 aromatic rings. The number of carbonyl (C=O) groups is 1. The van der Waals surface area contributed by atoms with Crippen LogP contribution in [-0.2, 0) is 23.9 Å². The van der Waals surface area contributed by atoms with E-state index in [-0.39, 0.29) is 5.91 Å². The number of ether oxygens (including phenoxy) is 1. The van der Waals surface area contributed by atoms with Gasteiger partial charge < -0.3 is 14.6 Å². The van der Waals surface area contributed by atoms with Gasteiger partial charge in [0.25, 0.3) is 5.91 Å². The summed E-state index contributed by atoms with van der Waals surface area (Å²) >= 11 is 0. The second-order valence-corrected chi connectivity index (χ2v) is 6.00. The van der Waals surface area contributed by atoms with Gasteiger partial charge in [-0.15, -0.1) is 0 Å². The maximum absolute atomic E-state index is 12.0. The third kappa shape index (κ3) is 3.39. The van der Waals surface area contributed by atoms with Crippen LogP contribution in [0, 0.1) is 0 Å². The molecule has 0 unspecified atom stereocenters. The van der Waals surface area contributed by atoms with E-state index in [4.69, 9.17) is 4.74 Å². The average Bonchev–Trinajstić information content (AvgIpc) is 3.00. The van der Waals surface area contributed by atoms with E-state index in [1.165, 1.54) is 0 Å². The Hall–Kier alpha value is -2.28. The number of amides is 1. The van der Waals surface area contributed by atoms with Crippen molar-refractivity contribution in [2.75, 3.05) is 6.61 Å². The highest BCUT2D eigenvalue weighted by Gasteiger charge is 2.32. The van der Waals surface area contributed by atoms with Crippen LogP contribution in [0.25, 0.3) is 0 Å². The van der Waals surface area contributed by atoms with Gasteiger partial charge in [0.05, 0.1) is 0 Å². The lowest BCUT2D eigenvalue weighted by atomic mass is 9.95. The van der Waals surface area contributed by atoms with Crippen molar-refractivity contribution in [2.24, 2.45) is 7.05 Å². The maximum Gasteiger partial charge on any atom is 0.287 e. The molecule has 1 amide bonds. The van der Waals surface area contributed by atoms with Gasteiger partial charge >= 0.3 is 0 Å². The van der Waals surface area contributed by atoms with Gasteiger partial charge in [-0.2, -0.15) is 0 Å². The largest absolute Gasteiger partial charge is 0.367 e. The van der Waals surface area contributed by atoms with Gasteiger partial charge in [0, 0.05) is 50.6 Å². The van der Waals surface area contributed by atoms with Gasteiger partial charge in [0.15, 0.2) is 11.6 Å². The van der Waals surface area contributed by atoms with Crippen LogP contribution >= 0.6 is 0 Å².